The molecule has 0 amide bonds. The van der Waals surface area contributed by atoms with Gasteiger partial charge in [-0.15, -0.1) is 0 Å². The maximum Gasteiger partial charge on any atom is 0.296 e. The van der Waals surface area contributed by atoms with Gasteiger partial charge in [0.2, 0.25) is 0 Å². The van der Waals surface area contributed by atoms with Gasteiger partial charge in [0.25, 0.3) is 10.2 Å². The molecule has 154 valence electrons. The molecule has 0 aliphatic heterocycles. The molecule has 0 atom stereocenters. The van der Waals surface area contributed by atoms with Gasteiger partial charge in [-0.25, -0.2) is 9.82 Å². The zero-order valence-corrected chi connectivity index (χ0v) is 17.6. The highest BCUT2D eigenvalue weighted by atomic mass is 32.2. The average molecular weight is 429 g/mol. The summed E-state index contributed by atoms with van der Waals surface area (Å²) in [6.45, 7) is 1.95. The van der Waals surface area contributed by atoms with Gasteiger partial charge in [0, 0.05) is 11.3 Å². The van der Waals surface area contributed by atoms with Gasteiger partial charge < -0.3 is 0 Å². The molecule has 0 spiro atoms. The fourth-order valence-corrected chi connectivity index (χ4v) is 4.36. The van der Waals surface area contributed by atoms with Crippen LogP contribution in [0, 0.1) is 6.92 Å². The third-order valence-electron chi connectivity index (χ3n) is 5.25. The van der Waals surface area contributed by atoms with Crippen LogP contribution >= 0.6 is 0 Å². The van der Waals surface area contributed by atoms with Crippen LogP contribution in [0.4, 0.5) is 5.69 Å². The van der Waals surface area contributed by atoms with Crippen molar-refractivity contribution >= 4 is 37.4 Å². The number of aryl methyl sites for hydroxylation is 1. The maximum atomic E-state index is 11.2. The van der Waals surface area contributed by atoms with Gasteiger partial charge in [-0.05, 0) is 64.9 Å². The van der Waals surface area contributed by atoms with Crippen LogP contribution in [0.15, 0.2) is 84.9 Å². The molecule has 0 fully saturated rings. The molecule has 0 saturated heterocycles. The molecule has 1 aromatic heterocycles. The van der Waals surface area contributed by atoms with E-state index in [0.717, 1.165) is 22.6 Å². The van der Waals surface area contributed by atoms with Crippen LogP contribution in [0.1, 0.15) is 5.69 Å². The SMILES string of the molecule is Cc1cc(-c2ccc3ccc4ccccc4c3c2)n(-c2ccc(NS(N)(=O)=O)cc2)n1. The Bertz CT molecular complexity index is 1540. The van der Waals surface area contributed by atoms with E-state index >= 15 is 0 Å². The van der Waals surface area contributed by atoms with E-state index in [1.54, 1.807) is 24.3 Å². The monoisotopic (exact) mass is 428 g/mol. The van der Waals surface area contributed by atoms with E-state index in [1.807, 2.05) is 23.7 Å². The molecule has 1 heterocycles. The number of aromatic nitrogens is 2. The number of hydrogen-bond acceptors (Lipinski definition) is 3. The van der Waals surface area contributed by atoms with E-state index in [2.05, 4.69) is 58.4 Å². The topological polar surface area (TPSA) is 90.0 Å². The lowest BCUT2D eigenvalue weighted by molar-refractivity contribution is 0.603. The molecular weight excluding hydrogens is 408 g/mol. The van der Waals surface area contributed by atoms with Crippen molar-refractivity contribution < 1.29 is 8.42 Å². The van der Waals surface area contributed by atoms with Gasteiger partial charge >= 0.3 is 0 Å². The van der Waals surface area contributed by atoms with Crippen molar-refractivity contribution in [3.63, 3.8) is 0 Å². The van der Waals surface area contributed by atoms with Crippen LogP contribution in [0.25, 0.3) is 38.5 Å². The van der Waals surface area contributed by atoms with Crippen LogP contribution in [0.5, 0.6) is 0 Å². The first kappa shape index (κ1) is 19.3. The van der Waals surface area contributed by atoms with E-state index in [-0.39, 0.29) is 0 Å². The highest BCUT2D eigenvalue weighted by Gasteiger charge is 2.12. The number of rotatable bonds is 4. The molecule has 0 aliphatic carbocycles. The van der Waals surface area contributed by atoms with Gasteiger partial charge in [-0.3, -0.25) is 4.72 Å². The summed E-state index contributed by atoms with van der Waals surface area (Å²) in [7, 11) is -3.81. The number of nitrogens with zero attached hydrogens (tertiary/aromatic N) is 2. The van der Waals surface area contributed by atoms with Crippen molar-refractivity contribution in [2.45, 2.75) is 6.92 Å². The third-order valence-corrected chi connectivity index (χ3v) is 5.77. The molecule has 31 heavy (non-hydrogen) atoms. The van der Waals surface area contributed by atoms with E-state index in [4.69, 9.17) is 5.14 Å². The third kappa shape index (κ3) is 3.76. The minimum Gasteiger partial charge on any atom is -0.271 e. The van der Waals surface area contributed by atoms with Gasteiger partial charge in [0.15, 0.2) is 0 Å². The molecule has 0 unspecified atom stereocenters. The number of nitrogens with two attached hydrogens (primary N) is 1. The Morgan fingerprint density at radius 1 is 0.839 bits per heavy atom. The average Bonchev–Trinajstić information content (AvgIpc) is 3.14. The summed E-state index contributed by atoms with van der Waals surface area (Å²) < 4.78 is 26.6. The van der Waals surface area contributed by atoms with E-state index in [1.165, 1.54) is 21.5 Å². The summed E-state index contributed by atoms with van der Waals surface area (Å²) in [5.74, 6) is 0. The highest BCUT2D eigenvalue weighted by molar-refractivity contribution is 7.90. The van der Waals surface area contributed by atoms with Crippen LogP contribution in [0.2, 0.25) is 0 Å². The fraction of sp³-hybridized carbons (Fsp3) is 0.0417. The van der Waals surface area contributed by atoms with E-state index < -0.39 is 10.2 Å². The molecule has 0 radical (unpaired) electrons. The Hall–Kier alpha value is -3.68. The molecule has 5 rings (SSSR count). The second-order valence-corrected chi connectivity index (χ2v) is 8.79. The maximum absolute atomic E-state index is 11.2. The fourth-order valence-electron chi connectivity index (χ4n) is 3.90. The van der Waals surface area contributed by atoms with Crippen LogP contribution in [0.3, 0.4) is 0 Å². The minimum absolute atomic E-state index is 0.397. The Balaban J connectivity index is 1.62. The predicted octanol–water partition coefficient (Wildman–Crippen LogP) is 4.77. The molecule has 3 N–H and O–H groups in total. The second-order valence-electron chi connectivity index (χ2n) is 7.50. The number of nitrogens with one attached hydrogen (secondary N) is 1. The molecule has 0 aliphatic rings. The summed E-state index contributed by atoms with van der Waals surface area (Å²) in [6.07, 6.45) is 0. The number of fused-ring (bicyclic) bond motifs is 3. The lowest BCUT2D eigenvalue weighted by Gasteiger charge is -2.11. The van der Waals surface area contributed by atoms with Crippen molar-refractivity contribution in [3.05, 3.63) is 90.6 Å². The van der Waals surface area contributed by atoms with Gasteiger partial charge in [-0.2, -0.15) is 13.5 Å². The smallest absolute Gasteiger partial charge is 0.271 e. The zero-order chi connectivity index (χ0) is 21.6. The minimum atomic E-state index is -3.81. The van der Waals surface area contributed by atoms with Gasteiger partial charge in [-0.1, -0.05) is 48.5 Å². The highest BCUT2D eigenvalue weighted by Crippen LogP contribution is 2.31. The second kappa shape index (κ2) is 7.23. The first-order chi connectivity index (χ1) is 14.9. The zero-order valence-electron chi connectivity index (χ0n) is 16.8. The first-order valence-electron chi connectivity index (χ1n) is 9.77. The quantitative estimate of drug-likeness (QED) is 0.404. The number of benzene rings is 4. The van der Waals surface area contributed by atoms with Crippen molar-refractivity contribution in [1.82, 2.24) is 9.78 Å². The molecule has 4 aromatic carbocycles. The van der Waals surface area contributed by atoms with Crippen molar-refractivity contribution in [3.8, 4) is 16.9 Å². The summed E-state index contributed by atoms with van der Waals surface area (Å²) >= 11 is 0. The molecule has 7 heteroatoms. The Morgan fingerprint density at radius 2 is 1.52 bits per heavy atom. The van der Waals surface area contributed by atoms with E-state index in [9.17, 15) is 8.42 Å². The van der Waals surface area contributed by atoms with Gasteiger partial charge in [0.1, 0.15) is 0 Å². The van der Waals surface area contributed by atoms with Crippen molar-refractivity contribution in [2.24, 2.45) is 5.14 Å². The van der Waals surface area contributed by atoms with Crippen molar-refractivity contribution in [2.75, 3.05) is 4.72 Å². The Morgan fingerprint density at radius 3 is 2.26 bits per heavy atom. The summed E-state index contributed by atoms with van der Waals surface area (Å²) in [5, 5.41) is 14.5. The van der Waals surface area contributed by atoms with Crippen molar-refractivity contribution in [1.29, 1.82) is 0 Å². The number of hydrogen-bond donors (Lipinski definition) is 2. The summed E-state index contributed by atoms with van der Waals surface area (Å²) in [4.78, 5) is 0. The standard InChI is InChI=1S/C24H20N4O2S/c1-16-14-24(28(26-16)21-12-10-20(11-13-21)27-31(25,29)30)19-9-8-18-7-6-17-4-2-3-5-22(17)23(18)15-19/h2-15,27H,1H3,(H2,25,29,30). The van der Waals surface area contributed by atoms with Gasteiger partial charge in [0.05, 0.1) is 17.1 Å². The lowest BCUT2D eigenvalue weighted by Crippen LogP contribution is -2.21. The van der Waals surface area contributed by atoms with Crippen LogP contribution < -0.4 is 9.86 Å². The molecular formula is C24H20N4O2S. The summed E-state index contributed by atoms with van der Waals surface area (Å²) in [5.41, 5.74) is 4.12. The number of anilines is 1. The molecule has 0 bridgehead atoms. The first-order valence-corrected chi connectivity index (χ1v) is 11.3. The molecule has 0 saturated carbocycles. The molecule has 5 aromatic rings. The van der Waals surface area contributed by atoms with Crippen LogP contribution in [-0.2, 0) is 10.2 Å². The Labute approximate surface area is 180 Å². The normalized spacial score (nSPS) is 11.8. The van der Waals surface area contributed by atoms with Crippen LogP contribution in [-0.4, -0.2) is 18.2 Å². The predicted molar refractivity (Wildman–Crippen MR) is 125 cm³/mol. The largest absolute Gasteiger partial charge is 0.296 e. The van der Waals surface area contributed by atoms with E-state index in [0.29, 0.717) is 5.69 Å². The molecule has 6 nitrogen and oxygen atoms in total. The lowest BCUT2D eigenvalue weighted by atomic mass is 9.99. The summed E-state index contributed by atoms with van der Waals surface area (Å²) in [6, 6.07) is 28.0. The Kier molecular flexibility index (Phi) is 4.50.